The normalized spacial score (nSPS) is 13.4. The molecular formula is C16H16BrN. The summed E-state index contributed by atoms with van der Waals surface area (Å²) >= 11 is 3.50. The first-order valence-corrected chi connectivity index (χ1v) is 7.21. The number of hydrogen-bond donors (Lipinski definition) is 1. The quantitative estimate of drug-likeness (QED) is 0.877. The molecule has 92 valence electrons. The molecule has 1 N–H and O–H groups in total. The van der Waals surface area contributed by atoms with E-state index >= 15 is 0 Å². The van der Waals surface area contributed by atoms with Gasteiger partial charge < -0.3 is 5.32 Å². The molecule has 1 nitrogen and oxygen atoms in total. The molecule has 0 spiro atoms. The molecule has 3 rings (SSSR count). The first kappa shape index (κ1) is 11.8. The lowest BCUT2D eigenvalue weighted by atomic mass is 10.1. The van der Waals surface area contributed by atoms with Crippen molar-refractivity contribution in [3.8, 4) is 0 Å². The van der Waals surface area contributed by atoms with Gasteiger partial charge in [0.1, 0.15) is 0 Å². The predicted octanol–water partition coefficient (Wildman–Crippen LogP) is 4.55. The summed E-state index contributed by atoms with van der Waals surface area (Å²) in [4.78, 5) is 0. The van der Waals surface area contributed by atoms with Gasteiger partial charge in [0.05, 0.1) is 0 Å². The molecule has 1 aliphatic rings. The maximum atomic E-state index is 3.50. The Morgan fingerprint density at radius 2 is 1.89 bits per heavy atom. The molecule has 2 heteroatoms. The Balaban J connectivity index is 1.70. The first-order valence-electron chi connectivity index (χ1n) is 6.41. The lowest BCUT2D eigenvalue weighted by Crippen LogP contribution is -1.99. The molecule has 0 saturated heterocycles. The second-order valence-electron chi connectivity index (χ2n) is 4.82. The third-order valence-electron chi connectivity index (χ3n) is 3.48. The Labute approximate surface area is 116 Å². The summed E-state index contributed by atoms with van der Waals surface area (Å²) in [5.41, 5.74) is 5.58. The SMILES string of the molecule is Brc1cccc(CNc2ccc3c(c2)CCC3)c1. The lowest BCUT2D eigenvalue weighted by Gasteiger charge is -2.09. The van der Waals surface area contributed by atoms with Crippen molar-refractivity contribution in [1.82, 2.24) is 0 Å². The van der Waals surface area contributed by atoms with Crippen LogP contribution < -0.4 is 5.32 Å². The molecule has 0 radical (unpaired) electrons. The number of rotatable bonds is 3. The Morgan fingerprint density at radius 3 is 2.78 bits per heavy atom. The van der Waals surface area contributed by atoms with Crippen molar-refractivity contribution in [3.63, 3.8) is 0 Å². The average Bonchev–Trinajstić information content (AvgIpc) is 2.84. The van der Waals surface area contributed by atoms with Gasteiger partial charge in [-0.05, 0) is 60.2 Å². The number of benzene rings is 2. The third kappa shape index (κ3) is 2.59. The first-order chi connectivity index (χ1) is 8.81. The highest BCUT2D eigenvalue weighted by molar-refractivity contribution is 9.10. The van der Waals surface area contributed by atoms with E-state index in [1.54, 1.807) is 0 Å². The minimum atomic E-state index is 0.873. The number of hydrogen-bond acceptors (Lipinski definition) is 1. The second kappa shape index (κ2) is 5.15. The Kier molecular flexibility index (Phi) is 3.37. The van der Waals surface area contributed by atoms with Crippen LogP contribution in [0.5, 0.6) is 0 Å². The average molecular weight is 302 g/mol. The molecule has 0 amide bonds. The van der Waals surface area contributed by atoms with Crippen molar-refractivity contribution in [2.45, 2.75) is 25.8 Å². The fraction of sp³-hybridized carbons (Fsp3) is 0.250. The zero-order valence-corrected chi connectivity index (χ0v) is 11.8. The van der Waals surface area contributed by atoms with Crippen LogP contribution in [0.2, 0.25) is 0 Å². The largest absolute Gasteiger partial charge is 0.381 e. The highest BCUT2D eigenvalue weighted by Gasteiger charge is 2.10. The molecule has 0 fully saturated rings. The van der Waals surface area contributed by atoms with E-state index in [-0.39, 0.29) is 0 Å². The Morgan fingerprint density at radius 1 is 1.00 bits per heavy atom. The Hall–Kier alpha value is -1.28. The van der Waals surface area contributed by atoms with Gasteiger partial charge in [-0.15, -0.1) is 0 Å². The van der Waals surface area contributed by atoms with E-state index in [0.29, 0.717) is 0 Å². The van der Waals surface area contributed by atoms with Gasteiger partial charge in [-0.3, -0.25) is 0 Å². The van der Waals surface area contributed by atoms with Crippen LogP contribution >= 0.6 is 15.9 Å². The minimum Gasteiger partial charge on any atom is -0.381 e. The molecule has 0 bridgehead atoms. The number of anilines is 1. The smallest absolute Gasteiger partial charge is 0.0401 e. The number of halogens is 1. The summed E-state index contributed by atoms with van der Waals surface area (Å²) in [5, 5.41) is 3.50. The van der Waals surface area contributed by atoms with Crippen molar-refractivity contribution >= 4 is 21.6 Å². The van der Waals surface area contributed by atoms with Crippen molar-refractivity contribution < 1.29 is 0 Å². The molecule has 0 heterocycles. The van der Waals surface area contributed by atoms with E-state index in [9.17, 15) is 0 Å². The van der Waals surface area contributed by atoms with Crippen LogP contribution in [0.4, 0.5) is 5.69 Å². The lowest BCUT2D eigenvalue weighted by molar-refractivity contribution is 0.912. The van der Waals surface area contributed by atoms with Crippen LogP contribution in [0, 0.1) is 0 Å². The fourth-order valence-electron chi connectivity index (χ4n) is 2.53. The van der Waals surface area contributed by atoms with Crippen molar-refractivity contribution in [2.24, 2.45) is 0 Å². The highest BCUT2D eigenvalue weighted by Crippen LogP contribution is 2.25. The molecule has 2 aromatic rings. The topological polar surface area (TPSA) is 12.0 Å². The maximum Gasteiger partial charge on any atom is 0.0401 e. The molecule has 1 aliphatic carbocycles. The molecule has 18 heavy (non-hydrogen) atoms. The van der Waals surface area contributed by atoms with E-state index in [1.165, 1.54) is 41.6 Å². The standard InChI is InChI=1S/C16H16BrN/c17-15-6-1-3-12(9-15)11-18-16-8-7-13-4-2-5-14(13)10-16/h1,3,6-10,18H,2,4-5,11H2. The second-order valence-corrected chi connectivity index (χ2v) is 5.74. The summed E-state index contributed by atoms with van der Waals surface area (Å²) in [6, 6.07) is 15.2. The maximum absolute atomic E-state index is 3.50. The van der Waals surface area contributed by atoms with Gasteiger partial charge >= 0.3 is 0 Å². The van der Waals surface area contributed by atoms with Crippen molar-refractivity contribution in [2.75, 3.05) is 5.32 Å². The summed E-state index contributed by atoms with van der Waals surface area (Å²) < 4.78 is 1.13. The fourth-order valence-corrected chi connectivity index (χ4v) is 2.98. The molecule has 0 atom stereocenters. The van der Waals surface area contributed by atoms with Gasteiger partial charge in [0.25, 0.3) is 0 Å². The van der Waals surface area contributed by atoms with E-state index in [4.69, 9.17) is 0 Å². The van der Waals surface area contributed by atoms with Crippen molar-refractivity contribution in [3.05, 3.63) is 63.6 Å². The van der Waals surface area contributed by atoms with Gasteiger partial charge in [-0.2, -0.15) is 0 Å². The molecule has 0 unspecified atom stereocenters. The van der Waals surface area contributed by atoms with Gasteiger partial charge in [0.15, 0.2) is 0 Å². The molecule has 2 aromatic carbocycles. The monoisotopic (exact) mass is 301 g/mol. The minimum absolute atomic E-state index is 0.873. The molecular weight excluding hydrogens is 286 g/mol. The van der Waals surface area contributed by atoms with Crippen molar-refractivity contribution in [1.29, 1.82) is 0 Å². The summed E-state index contributed by atoms with van der Waals surface area (Å²) in [6.45, 7) is 0.873. The highest BCUT2D eigenvalue weighted by atomic mass is 79.9. The summed E-state index contributed by atoms with van der Waals surface area (Å²) in [5.74, 6) is 0. The van der Waals surface area contributed by atoms with Crippen LogP contribution in [-0.4, -0.2) is 0 Å². The van der Waals surface area contributed by atoms with E-state index in [1.807, 2.05) is 0 Å². The zero-order chi connectivity index (χ0) is 12.4. The van der Waals surface area contributed by atoms with E-state index in [0.717, 1.165) is 11.0 Å². The number of aryl methyl sites for hydroxylation is 2. The summed E-state index contributed by atoms with van der Waals surface area (Å²) in [7, 11) is 0. The zero-order valence-electron chi connectivity index (χ0n) is 10.2. The van der Waals surface area contributed by atoms with Crippen LogP contribution in [0.25, 0.3) is 0 Å². The van der Waals surface area contributed by atoms with Gasteiger partial charge in [0, 0.05) is 16.7 Å². The van der Waals surface area contributed by atoms with Crippen LogP contribution in [-0.2, 0) is 19.4 Å². The van der Waals surface area contributed by atoms with E-state index in [2.05, 4.69) is 63.7 Å². The third-order valence-corrected chi connectivity index (χ3v) is 3.98. The van der Waals surface area contributed by atoms with Gasteiger partial charge in [-0.25, -0.2) is 0 Å². The molecule has 0 aliphatic heterocycles. The van der Waals surface area contributed by atoms with Gasteiger partial charge in [0.2, 0.25) is 0 Å². The van der Waals surface area contributed by atoms with Crippen LogP contribution in [0.1, 0.15) is 23.1 Å². The molecule has 0 saturated carbocycles. The van der Waals surface area contributed by atoms with Crippen LogP contribution in [0.15, 0.2) is 46.9 Å². The number of nitrogens with one attached hydrogen (secondary N) is 1. The Bertz CT molecular complexity index is 563. The van der Waals surface area contributed by atoms with Gasteiger partial charge in [-0.1, -0.05) is 34.1 Å². The summed E-state index contributed by atoms with van der Waals surface area (Å²) in [6.07, 6.45) is 3.80. The predicted molar refractivity (Wildman–Crippen MR) is 79.9 cm³/mol. The molecule has 0 aromatic heterocycles. The number of fused-ring (bicyclic) bond motifs is 1. The van der Waals surface area contributed by atoms with Crippen LogP contribution in [0.3, 0.4) is 0 Å². The van der Waals surface area contributed by atoms with E-state index < -0.39 is 0 Å².